The van der Waals surface area contributed by atoms with E-state index in [4.69, 9.17) is 0 Å². The summed E-state index contributed by atoms with van der Waals surface area (Å²) in [5.41, 5.74) is -0.647. The van der Waals surface area contributed by atoms with Crippen LogP contribution in [0.25, 0.3) is 0 Å². The average molecular weight is 327 g/mol. The minimum absolute atomic E-state index is 0.282. The molecular weight excluding hydrogens is 318 g/mol. The van der Waals surface area contributed by atoms with Gasteiger partial charge in [-0.3, -0.25) is 20.2 Å². The molecule has 11 heteroatoms. The third kappa shape index (κ3) is 3.64. The first-order valence-electron chi connectivity index (χ1n) is 5.69. The van der Waals surface area contributed by atoms with Crippen molar-refractivity contribution in [2.45, 2.75) is 16.2 Å². The molecule has 2 aromatic rings. The Bertz CT molecular complexity index is 690. The van der Waals surface area contributed by atoms with Crippen LogP contribution in [-0.2, 0) is 0 Å². The lowest BCUT2D eigenvalue weighted by Gasteiger charge is -1.99. The fourth-order valence-corrected chi connectivity index (χ4v) is 3.28. The van der Waals surface area contributed by atoms with Crippen molar-refractivity contribution in [3.8, 4) is 0 Å². The quantitative estimate of drug-likeness (QED) is 0.634. The van der Waals surface area contributed by atoms with Crippen molar-refractivity contribution >= 4 is 39.6 Å². The highest BCUT2D eigenvalue weighted by atomic mass is 32.2. The van der Waals surface area contributed by atoms with Gasteiger partial charge in [0.1, 0.15) is 0 Å². The molecule has 0 aliphatic heterocycles. The van der Waals surface area contributed by atoms with Crippen LogP contribution >= 0.6 is 23.1 Å². The number of benzene rings is 1. The van der Waals surface area contributed by atoms with Crippen LogP contribution < -0.4 is 5.32 Å². The van der Waals surface area contributed by atoms with Crippen LogP contribution in [-0.4, -0.2) is 26.6 Å². The maximum Gasteiger partial charge on any atom is 0.290 e. The van der Waals surface area contributed by atoms with E-state index in [1.165, 1.54) is 23.5 Å². The van der Waals surface area contributed by atoms with Gasteiger partial charge in [-0.1, -0.05) is 11.3 Å². The van der Waals surface area contributed by atoms with Crippen molar-refractivity contribution in [3.05, 3.63) is 38.4 Å². The summed E-state index contributed by atoms with van der Waals surface area (Å²) in [6, 6.07) is 3.51. The minimum Gasteiger partial charge on any atom is -0.360 e. The molecule has 0 atom stereocenters. The zero-order valence-corrected chi connectivity index (χ0v) is 12.3. The number of hydrogen-bond acceptors (Lipinski definition) is 9. The smallest absolute Gasteiger partial charge is 0.290 e. The van der Waals surface area contributed by atoms with Crippen molar-refractivity contribution in [1.82, 2.24) is 10.2 Å². The Hall–Kier alpha value is -2.27. The number of rotatable bonds is 6. The summed E-state index contributed by atoms with van der Waals surface area (Å²) in [5.74, 6) is 0. The maximum atomic E-state index is 11.0. The topological polar surface area (TPSA) is 124 Å². The van der Waals surface area contributed by atoms with Gasteiger partial charge in [-0.05, 0) is 24.8 Å². The molecule has 0 aliphatic rings. The molecule has 110 valence electrons. The van der Waals surface area contributed by atoms with Gasteiger partial charge in [-0.15, -0.1) is 10.2 Å². The largest absolute Gasteiger partial charge is 0.360 e. The molecule has 0 unspecified atom stereocenters. The molecule has 21 heavy (non-hydrogen) atoms. The van der Waals surface area contributed by atoms with Crippen LogP contribution in [0.15, 0.2) is 27.4 Å². The van der Waals surface area contributed by atoms with E-state index in [0.717, 1.165) is 17.8 Å². The lowest BCUT2D eigenvalue weighted by atomic mass is 10.3. The van der Waals surface area contributed by atoms with E-state index in [1.807, 2.05) is 6.92 Å². The first-order chi connectivity index (χ1) is 10.0. The SMILES string of the molecule is CCNc1nnc(Sc2ccc([N+](=O)[O-])cc2[N+](=O)[O-])s1. The Kier molecular flexibility index (Phi) is 4.65. The Morgan fingerprint density at radius 1 is 1.29 bits per heavy atom. The molecule has 0 aliphatic carbocycles. The molecule has 2 rings (SSSR count). The molecule has 0 saturated carbocycles. The summed E-state index contributed by atoms with van der Waals surface area (Å²) in [4.78, 5) is 20.6. The van der Waals surface area contributed by atoms with E-state index >= 15 is 0 Å². The number of nitrogens with one attached hydrogen (secondary N) is 1. The van der Waals surface area contributed by atoms with Gasteiger partial charge in [-0.2, -0.15) is 0 Å². The summed E-state index contributed by atoms with van der Waals surface area (Å²) in [5, 5.41) is 33.1. The first kappa shape index (κ1) is 15.1. The first-order valence-corrected chi connectivity index (χ1v) is 7.32. The molecule has 0 radical (unpaired) electrons. The van der Waals surface area contributed by atoms with Gasteiger partial charge in [0.15, 0.2) is 4.34 Å². The highest BCUT2D eigenvalue weighted by Gasteiger charge is 2.21. The van der Waals surface area contributed by atoms with Gasteiger partial charge < -0.3 is 5.32 Å². The van der Waals surface area contributed by atoms with Crippen molar-refractivity contribution < 1.29 is 9.85 Å². The summed E-state index contributed by atoms with van der Waals surface area (Å²) >= 11 is 2.31. The van der Waals surface area contributed by atoms with Gasteiger partial charge in [0.2, 0.25) is 5.13 Å². The van der Waals surface area contributed by atoms with Crippen LogP contribution in [0.2, 0.25) is 0 Å². The molecule has 0 saturated heterocycles. The molecule has 1 N–H and O–H groups in total. The standard InChI is InChI=1S/C10H9N5O4S2/c1-2-11-9-12-13-10(21-9)20-8-4-3-6(14(16)17)5-7(8)15(18)19/h3-5H,2H2,1H3,(H,11,12). The van der Waals surface area contributed by atoms with Crippen molar-refractivity contribution in [1.29, 1.82) is 0 Å². The van der Waals surface area contributed by atoms with Gasteiger partial charge >= 0.3 is 0 Å². The van der Waals surface area contributed by atoms with Crippen LogP contribution in [0.4, 0.5) is 16.5 Å². The number of non-ortho nitro benzene ring substituents is 1. The molecule has 0 fully saturated rings. The normalized spacial score (nSPS) is 10.3. The zero-order valence-electron chi connectivity index (χ0n) is 10.7. The fraction of sp³-hybridized carbons (Fsp3) is 0.200. The summed E-state index contributed by atoms with van der Waals surface area (Å²) in [7, 11) is 0. The van der Waals surface area contributed by atoms with Crippen LogP contribution in [0, 0.1) is 20.2 Å². The van der Waals surface area contributed by atoms with Gasteiger partial charge in [0.05, 0.1) is 20.8 Å². The predicted molar refractivity (Wildman–Crippen MR) is 77.9 cm³/mol. The number of anilines is 1. The predicted octanol–water partition coefficient (Wildman–Crippen LogP) is 2.94. The molecule has 0 amide bonds. The fourth-order valence-electron chi connectivity index (χ4n) is 1.42. The van der Waals surface area contributed by atoms with Crippen LogP contribution in [0.3, 0.4) is 0 Å². The molecule has 0 bridgehead atoms. The average Bonchev–Trinajstić information content (AvgIpc) is 2.86. The highest BCUT2D eigenvalue weighted by molar-refractivity contribution is 8.01. The minimum atomic E-state index is -0.671. The van der Waals surface area contributed by atoms with E-state index in [-0.39, 0.29) is 16.3 Å². The van der Waals surface area contributed by atoms with Crippen molar-refractivity contribution in [2.24, 2.45) is 0 Å². The lowest BCUT2D eigenvalue weighted by Crippen LogP contribution is -1.94. The molecule has 1 aromatic heterocycles. The van der Waals surface area contributed by atoms with E-state index in [1.54, 1.807) is 0 Å². The Morgan fingerprint density at radius 3 is 2.67 bits per heavy atom. The third-order valence-corrected chi connectivity index (χ3v) is 4.28. The number of aromatic nitrogens is 2. The van der Waals surface area contributed by atoms with Crippen LogP contribution in [0.1, 0.15) is 6.92 Å². The van der Waals surface area contributed by atoms with E-state index in [9.17, 15) is 20.2 Å². The molecule has 0 spiro atoms. The number of nitrogens with zero attached hydrogens (tertiary/aromatic N) is 4. The molecule has 1 aromatic carbocycles. The second-order valence-corrected chi connectivity index (χ2v) is 5.94. The maximum absolute atomic E-state index is 11.0. The summed E-state index contributed by atoms with van der Waals surface area (Å²) in [6.45, 7) is 2.60. The number of nitro benzene ring substituents is 2. The molecule has 1 heterocycles. The van der Waals surface area contributed by atoms with Crippen molar-refractivity contribution in [2.75, 3.05) is 11.9 Å². The summed E-state index contributed by atoms with van der Waals surface area (Å²) in [6.07, 6.45) is 0. The Balaban J connectivity index is 2.29. The van der Waals surface area contributed by atoms with E-state index in [0.29, 0.717) is 16.0 Å². The summed E-state index contributed by atoms with van der Waals surface area (Å²) < 4.78 is 0.517. The molecular formula is C10H9N5O4S2. The Labute approximate surface area is 126 Å². The number of nitro groups is 2. The second-order valence-electron chi connectivity index (χ2n) is 3.67. The second kappa shape index (κ2) is 6.45. The Morgan fingerprint density at radius 2 is 2.05 bits per heavy atom. The van der Waals surface area contributed by atoms with Gasteiger partial charge in [0.25, 0.3) is 11.4 Å². The third-order valence-electron chi connectivity index (χ3n) is 2.28. The van der Waals surface area contributed by atoms with Crippen molar-refractivity contribution in [3.63, 3.8) is 0 Å². The van der Waals surface area contributed by atoms with Gasteiger partial charge in [0, 0.05) is 12.6 Å². The monoisotopic (exact) mass is 327 g/mol. The molecule has 9 nitrogen and oxygen atoms in total. The van der Waals surface area contributed by atoms with Gasteiger partial charge in [-0.25, -0.2) is 0 Å². The zero-order chi connectivity index (χ0) is 15.4. The van der Waals surface area contributed by atoms with E-state index < -0.39 is 9.85 Å². The van der Waals surface area contributed by atoms with Crippen LogP contribution in [0.5, 0.6) is 0 Å². The van der Waals surface area contributed by atoms with E-state index in [2.05, 4.69) is 15.5 Å². The highest BCUT2D eigenvalue weighted by Crippen LogP contribution is 2.38. The lowest BCUT2D eigenvalue weighted by molar-refractivity contribution is -0.396. The number of hydrogen-bond donors (Lipinski definition) is 1.